The molecule has 4 heterocycles. The highest BCUT2D eigenvalue weighted by Gasteiger charge is 2.45. The van der Waals surface area contributed by atoms with Crippen LogP contribution in [0.4, 0.5) is 4.79 Å². The van der Waals surface area contributed by atoms with Crippen LogP contribution in [0, 0.1) is 13.8 Å². The number of likely N-dealkylation sites (tertiary alicyclic amines) is 1. The molecule has 3 aliphatic rings. The van der Waals surface area contributed by atoms with E-state index < -0.39 is 5.97 Å². The third kappa shape index (κ3) is 6.38. The first-order valence-electron chi connectivity index (χ1n) is 15.3. The van der Waals surface area contributed by atoms with E-state index in [9.17, 15) is 14.7 Å². The summed E-state index contributed by atoms with van der Waals surface area (Å²) < 4.78 is 11.6. The van der Waals surface area contributed by atoms with E-state index in [1.807, 2.05) is 26.0 Å². The van der Waals surface area contributed by atoms with Gasteiger partial charge in [-0.25, -0.2) is 14.6 Å². The average Bonchev–Trinajstić information content (AvgIpc) is 3.37. The van der Waals surface area contributed by atoms with E-state index in [4.69, 9.17) is 9.47 Å². The van der Waals surface area contributed by atoms with Gasteiger partial charge in [-0.2, -0.15) is 0 Å². The number of amides is 2. The molecule has 9 nitrogen and oxygen atoms in total. The summed E-state index contributed by atoms with van der Waals surface area (Å²) in [5.41, 5.74) is 4.24. The van der Waals surface area contributed by atoms with Crippen LogP contribution in [0.5, 0.6) is 11.6 Å². The minimum Gasteiger partial charge on any atom is -0.478 e. The number of carbonyl (C=O) groups is 2. The molecule has 1 atom stereocenters. The lowest BCUT2D eigenvalue weighted by molar-refractivity contribution is 0.0493. The minimum absolute atomic E-state index is 0.0797. The maximum atomic E-state index is 13.9. The number of urea groups is 1. The Hall–Kier alpha value is -3.95. The van der Waals surface area contributed by atoms with Crippen LogP contribution in [0.3, 0.4) is 0 Å². The zero-order valence-electron chi connectivity index (χ0n) is 24.9. The first-order chi connectivity index (χ1) is 20.9. The molecule has 0 aliphatic carbocycles. The topological polar surface area (TPSA) is 95.4 Å². The van der Waals surface area contributed by atoms with Gasteiger partial charge in [0.1, 0.15) is 5.75 Å². The summed E-state index contributed by atoms with van der Waals surface area (Å²) in [6.45, 7) is 8.65. The van der Waals surface area contributed by atoms with Crippen LogP contribution < -0.4 is 4.74 Å². The number of rotatable bonds is 8. The summed E-state index contributed by atoms with van der Waals surface area (Å²) >= 11 is 0. The minimum atomic E-state index is -0.961. The molecule has 0 saturated carbocycles. The third-order valence-corrected chi connectivity index (χ3v) is 9.14. The van der Waals surface area contributed by atoms with Crippen molar-refractivity contribution in [2.24, 2.45) is 0 Å². The quantitative estimate of drug-likeness (QED) is 0.357. The lowest BCUT2D eigenvalue weighted by Crippen LogP contribution is -2.48. The van der Waals surface area contributed by atoms with Gasteiger partial charge in [-0.05, 0) is 74.4 Å². The van der Waals surface area contributed by atoms with Gasteiger partial charge >= 0.3 is 12.0 Å². The number of carbonyl (C=O) groups excluding carboxylic acids is 1. The van der Waals surface area contributed by atoms with Gasteiger partial charge in [0.25, 0.3) is 0 Å². The number of nitrogens with zero attached hydrogens (tertiary/aromatic N) is 4. The summed E-state index contributed by atoms with van der Waals surface area (Å²) in [7, 11) is 0. The SMILES string of the molecule is Cc1cc(C(=O)O)ccc1Oc1ccc(CN2CCC(N3C(=O)N(C4CCOCC4)C[C@H]3c3ccccc3)CC2)c(C)n1. The Morgan fingerprint density at radius 2 is 1.72 bits per heavy atom. The van der Waals surface area contributed by atoms with Gasteiger partial charge in [-0.3, -0.25) is 4.90 Å². The largest absolute Gasteiger partial charge is 0.478 e. The van der Waals surface area contributed by atoms with Gasteiger partial charge in [0.05, 0.1) is 11.6 Å². The van der Waals surface area contributed by atoms with Crippen molar-refractivity contribution in [1.82, 2.24) is 19.7 Å². The maximum Gasteiger partial charge on any atom is 0.335 e. The number of piperidine rings is 1. The lowest BCUT2D eigenvalue weighted by Gasteiger charge is -2.39. The summed E-state index contributed by atoms with van der Waals surface area (Å²) in [5, 5.41) is 9.21. The lowest BCUT2D eigenvalue weighted by atomic mass is 9.98. The molecule has 0 radical (unpaired) electrons. The number of aromatic nitrogens is 1. The van der Waals surface area contributed by atoms with Gasteiger partial charge in [0.2, 0.25) is 5.88 Å². The zero-order valence-corrected chi connectivity index (χ0v) is 24.9. The smallest absolute Gasteiger partial charge is 0.335 e. The van der Waals surface area contributed by atoms with Crippen LogP contribution in [0.1, 0.15) is 64.5 Å². The second kappa shape index (κ2) is 12.7. The van der Waals surface area contributed by atoms with Crippen molar-refractivity contribution in [1.29, 1.82) is 0 Å². The van der Waals surface area contributed by atoms with E-state index in [0.29, 0.717) is 11.6 Å². The fourth-order valence-electron chi connectivity index (χ4n) is 6.68. The van der Waals surface area contributed by atoms with Crippen molar-refractivity contribution in [2.75, 3.05) is 32.8 Å². The van der Waals surface area contributed by atoms with Crippen molar-refractivity contribution < 1.29 is 24.2 Å². The molecule has 3 saturated heterocycles. The number of carboxylic acid groups (broad SMARTS) is 1. The Labute approximate surface area is 253 Å². The molecule has 1 aromatic heterocycles. The second-order valence-corrected chi connectivity index (χ2v) is 11.9. The number of pyridine rings is 1. The normalized spacial score (nSPS) is 20.5. The van der Waals surface area contributed by atoms with Crippen molar-refractivity contribution >= 4 is 12.0 Å². The van der Waals surface area contributed by atoms with Gasteiger partial charge in [-0.1, -0.05) is 36.4 Å². The number of ether oxygens (including phenoxy) is 2. The number of aryl methyl sites for hydroxylation is 2. The molecule has 0 spiro atoms. The molecule has 2 amide bonds. The monoisotopic (exact) mass is 584 g/mol. The second-order valence-electron chi connectivity index (χ2n) is 11.9. The molecule has 0 unspecified atom stereocenters. The number of hydrogen-bond donors (Lipinski definition) is 1. The van der Waals surface area contributed by atoms with Crippen LogP contribution in [-0.4, -0.2) is 81.7 Å². The van der Waals surface area contributed by atoms with Crippen molar-refractivity contribution in [2.45, 2.75) is 64.2 Å². The van der Waals surface area contributed by atoms with E-state index in [-0.39, 0.29) is 29.7 Å². The maximum absolute atomic E-state index is 13.9. The fraction of sp³-hybridized carbons (Fsp3) is 0.441. The number of hydrogen-bond acceptors (Lipinski definition) is 6. The number of benzene rings is 2. The van der Waals surface area contributed by atoms with Crippen molar-refractivity contribution in [3.8, 4) is 11.6 Å². The molecule has 43 heavy (non-hydrogen) atoms. The molecule has 226 valence electrons. The van der Waals surface area contributed by atoms with E-state index in [1.54, 1.807) is 12.1 Å². The highest BCUT2D eigenvalue weighted by molar-refractivity contribution is 5.88. The van der Waals surface area contributed by atoms with E-state index in [0.717, 1.165) is 81.9 Å². The molecule has 6 rings (SSSR count). The van der Waals surface area contributed by atoms with E-state index in [1.165, 1.54) is 11.6 Å². The van der Waals surface area contributed by atoms with Gasteiger partial charge in [0.15, 0.2) is 0 Å². The summed E-state index contributed by atoms with van der Waals surface area (Å²) in [6, 6.07) is 20.0. The highest BCUT2D eigenvalue weighted by atomic mass is 16.5. The first kappa shape index (κ1) is 29.1. The van der Waals surface area contributed by atoms with Gasteiger partial charge < -0.3 is 24.4 Å². The van der Waals surface area contributed by atoms with Crippen molar-refractivity contribution in [3.05, 3.63) is 88.6 Å². The Morgan fingerprint density at radius 3 is 2.40 bits per heavy atom. The summed E-state index contributed by atoms with van der Waals surface area (Å²) in [6.07, 6.45) is 3.70. The number of carboxylic acids is 1. The highest BCUT2D eigenvalue weighted by Crippen LogP contribution is 2.37. The molecule has 3 aliphatic heterocycles. The Balaban J connectivity index is 1.09. The molecule has 3 aromatic rings. The Bertz CT molecular complexity index is 1450. The van der Waals surface area contributed by atoms with Crippen molar-refractivity contribution in [3.63, 3.8) is 0 Å². The van der Waals surface area contributed by atoms with Crippen LogP contribution in [0.15, 0.2) is 60.7 Å². The molecule has 3 fully saturated rings. The first-order valence-corrected chi connectivity index (χ1v) is 15.3. The molecule has 9 heteroatoms. The average molecular weight is 585 g/mol. The number of aromatic carboxylic acids is 1. The van der Waals surface area contributed by atoms with Crippen LogP contribution >= 0.6 is 0 Å². The molecule has 0 bridgehead atoms. The Kier molecular flexibility index (Phi) is 8.63. The molecular formula is C34H40N4O5. The Morgan fingerprint density at radius 1 is 0.977 bits per heavy atom. The van der Waals surface area contributed by atoms with Crippen LogP contribution in [0.25, 0.3) is 0 Å². The fourth-order valence-corrected chi connectivity index (χ4v) is 6.68. The summed E-state index contributed by atoms with van der Waals surface area (Å²) in [5.74, 6) is 0.115. The van der Waals surface area contributed by atoms with Crippen LogP contribution in [-0.2, 0) is 11.3 Å². The van der Waals surface area contributed by atoms with Gasteiger partial charge in [0, 0.05) is 63.2 Å². The molecule has 2 aromatic carbocycles. The molecule has 1 N–H and O–H groups in total. The predicted octanol–water partition coefficient (Wildman–Crippen LogP) is 5.81. The predicted molar refractivity (Wildman–Crippen MR) is 162 cm³/mol. The van der Waals surface area contributed by atoms with E-state index in [2.05, 4.69) is 50.0 Å². The third-order valence-electron chi connectivity index (χ3n) is 9.14. The zero-order chi connectivity index (χ0) is 29.9. The standard InChI is InChI=1S/C34H40N4O5/c1-23-20-26(33(39)40)8-10-31(23)43-32-11-9-27(24(2)35-32)21-36-16-12-29(13-17-36)38-30(25-6-4-3-5-7-25)22-37(34(38)41)28-14-18-42-19-15-28/h3-11,20,28-30H,12-19,21-22H2,1-2H3,(H,39,40)/t30-/m0/s1. The molecular weight excluding hydrogens is 544 g/mol. The summed E-state index contributed by atoms with van der Waals surface area (Å²) in [4.78, 5) is 36.6. The van der Waals surface area contributed by atoms with Gasteiger partial charge in [-0.15, -0.1) is 0 Å². The van der Waals surface area contributed by atoms with Crippen LogP contribution in [0.2, 0.25) is 0 Å². The van der Waals surface area contributed by atoms with E-state index >= 15 is 0 Å².